The zero-order chi connectivity index (χ0) is 20.6. The number of nitrogens with two attached hydrogens (primary N) is 1. The van der Waals surface area contributed by atoms with Crippen LogP contribution in [-0.2, 0) is 0 Å². The Balaban J connectivity index is 1.55. The number of nitrogens with zero attached hydrogens (tertiary/aromatic N) is 4. The van der Waals surface area contributed by atoms with Crippen LogP contribution in [0.15, 0.2) is 30.6 Å². The summed E-state index contributed by atoms with van der Waals surface area (Å²) >= 11 is 0. The Bertz CT molecular complexity index is 910. The highest BCUT2D eigenvalue weighted by Crippen LogP contribution is 2.40. The van der Waals surface area contributed by atoms with Crippen LogP contribution in [0.25, 0.3) is 0 Å². The molecule has 0 unspecified atom stereocenters. The van der Waals surface area contributed by atoms with Crippen LogP contribution < -0.4 is 15.4 Å². The number of rotatable bonds is 6. The van der Waals surface area contributed by atoms with Crippen LogP contribution in [0.3, 0.4) is 0 Å². The van der Waals surface area contributed by atoms with Gasteiger partial charge in [-0.25, -0.2) is 9.97 Å². The van der Waals surface area contributed by atoms with Crippen molar-refractivity contribution in [3.05, 3.63) is 41.9 Å². The highest BCUT2D eigenvalue weighted by molar-refractivity contribution is 6.13. The maximum Gasteiger partial charge on any atom is 0.132 e. The van der Waals surface area contributed by atoms with Gasteiger partial charge in [-0.1, -0.05) is 6.92 Å². The Morgan fingerprint density at radius 3 is 2.76 bits per heavy atom. The molecule has 2 aromatic rings. The Kier molecular flexibility index (Phi) is 5.17. The van der Waals surface area contributed by atoms with Crippen LogP contribution in [0, 0.1) is 5.41 Å². The monoisotopic (exact) mass is 394 g/mol. The first-order valence-corrected chi connectivity index (χ1v) is 10.4. The Morgan fingerprint density at radius 2 is 2.07 bits per heavy atom. The first-order valence-electron chi connectivity index (χ1n) is 10.4. The van der Waals surface area contributed by atoms with Crippen molar-refractivity contribution in [2.75, 3.05) is 36.8 Å². The molecule has 1 saturated heterocycles. The van der Waals surface area contributed by atoms with Crippen LogP contribution in [-0.4, -0.2) is 58.4 Å². The van der Waals surface area contributed by atoms with E-state index in [-0.39, 0.29) is 11.3 Å². The SMILES string of the molecule is CCN1CCN(c2cc(C(=N)c3cc(OC4(C)CC4)ccc3N)ncn2)C[C@H]1C. The number of aromatic nitrogens is 2. The molecule has 0 radical (unpaired) electrons. The number of hydrogen-bond donors (Lipinski definition) is 2. The molecule has 1 aliphatic heterocycles. The quantitative estimate of drug-likeness (QED) is 0.578. The van der Waals surface area contributed by atoms with E-state index in [1.807, 2.05) is 18.2 Å². The van der Waals surface area contributed by atoms with Crippen LogP contribution in [0.1, 0.15) is 44.9 Å². The van der Waals surface area contributed by atoms with Gasteiger partial charge in [0, 0.05) is 43.0 Å². The van der Waals surface area contributed by atoms with Gasteiger partial charge >= 0.3 is 0 Å². The second-order valence-electron chi connectivity index (χ2n) is 8.36. The molecule has 2 fully saturated rings. The molecule has 1 atom stereocenters. The predicted molar refractivity (Wildman–Crippen MR) is 116 cm³/mol. The van der Waals surface area contributed by atoms with Gasteiger partial charge in [-0.2, -0.15) is 0 Å². The third-order valence-corrected chi connectivity index (χ3v) is 6.02. The smallest absolute Gasteiger partial charge is 0.132 e. The first-order chi connectivity index (χ1) is 13.9. The summed E-state index contributed by atoms with van der Waals surface area (Å²) < 4.78 is 6.05. The number of nitrogens with one attached hydrogen (secondary N) is 1. The Hall–Kier alpha value is -2.67. The second-order valence-corrected chi connectivity index (χ2v) is 8.36. The van der Waals surface area contributed by atoms with Crippen molar-refractivity contribution >= 4 is 17.2 Å². The van der Waals surface area contributed by atoms with Gasteiger partial charge in [-0.3, -0.25) is 10.3 Å². The van der Waals surface area contributed by atoms with Crippen molar-refractivity contribution in [2.45, 2.75) is 45.3 Å². The maximum absolute atomic E-state index is 8.71. The van der Waals surface area contributed by atoms with E-state index in [9.17, 15) is 0 Å². The normalized spacial score (nSPS) is 21.1. The van der Waals surface area contributed by atoms with Gasteiger partial charge in [-0.05, 0) is 51.4 Å². The summed E-state index contributed by atoms with van der Waals surface area (Å²) in [7, 11) is 0. The van der Waals surface area contributed by atoms with Gasteiger partial charge in [0.15, 0.2) is 0 Å². The summed E-state index contributed by atoms with van der Waals surface area (Å²) in [4.78, 5) is 13.5. The van der Waals surface area contributed by atoms with Crippen LogP contribution in [0.5, 0.6) is 5.75 Å². The first kappa shape index (κ1) is 19.6. The summed E-state index contributed by atoms with van der Waals surface area (Å²) in [5.74, 6) is 1.61. The molecule has 4 rings (SSSR count). The van der Waals surface area contributed by atoms with E-state index < -0.39 is 0 Å². The molecule has 7 heteroatoms. The van der Waals surface area contributed by atoms with E-state index >= 15 is 0 Å². The van der Waals surface area contributed by atoms with Crippen molar-refractivity contribution in [3.8, 4) is 5.75 Å². The van der Waals surface area contributed by atoms with E-state index in [0.717, 1.165) is 50.6 Å². The lowest BCUT2D eigenvalue weighted by Crippen LogP contribution is -2.52. The third-order valence-electron chi connectivity index (χ3n) is 6.02. The largest absolute Gasteiger partial charge is 0.488 e. The molecule has 1 saturated carbocycles. The molecule has 1 aromatic heterocycles. The minimum atomic E-state index is -0.0744. The van der Waals surface area contributed by atoms with Crippen LogP contribution in [0.2, 0.25) is 0 Å². The topological polar surface area (TPSA) is 91.4 Å². The third kappa shape index (κ3) is 4.19. The van der Waals surface area contributed by atoms with Crippen molar-refractivity contribution < 1.29 is 4.74 Å². The molecule has 1 aromatic carbocycles. The highest BCUT2D eigenvalue weighted by atomic mass is 16.5. The zero-order valence-corrected chi connectivity index (χ0v) is 17.5. The van der Waals surface area contributed by atoms with Gasteiger partial charge in [-0.15, -0.1) is 0 Å². The summed E-state index contributed by atoms with van der Waals surface area (Å²) in [6, 6.07) is 7.89. The maximum atomic E-state index is 8.71. The van der Waals surface area contributed by atoms with Gasteiger partial charge in [0.05, 0.1) is 11.4 Å². The van der Waals surface area contributed by atoms with Gasteiger partial charge in [0.2, 0.25) is 0 Å². The number of likely N-dealkylation sites (N-methyl/N-ethyl adjacent to an activating group) is 1. The second kappa shape index (κ2) is 7.63. The lowest BCUT2D eigenvalue weighted by atomic mass is 10.0. The van der Waals surface area contributed by atoms with Crippen LogP contribution in [0.4, 0.5) is 11.5 Å². The van der Waals surface area contributed by atoms with E-state index in [0.29, 0.717) is 23.0 Å². The lowest BCUT2D eigenvalue weighted by Gasteiger charge is -2.39. The average Bonchev–Trinajstić information content (AvgIpc) is 3.45. The fraction of sp³-hybridized carbons (Fsp3) is 0.500. The number of piperazine rings is 1. The van der Waals surface area contributed by atoms with E-state index in [4.69, 9.17) is 15.9 Å². The molecule has 154 valence electrons. The molecular formula is C22H30N6O. The molecular weight excluding hydrogens is 364 g/mol. The minimum absolute atomic E-state index is 0.0744. The van der Waals surface area contributed by atoms with Crippen molar-refractivity contribution in [1.82, 2.24) is 14.9 Å². The van der Waals surface area contributed by atoms with Gasteiger partial charge < -0.3 is 15.4 Å². The van der Waals surface area contributed by atoms with Gasteiger partial charge in [0.1, 0.15) is 23.5 Å². The van der Waals surface area contributed by atoms with Crippen molar-refractivity contribution in [1.29, 1.82) is 5.41 Å². The minimum Gasteiger partial charge on any atom is -0.488 e. The molecule has 0 amide bonds. The molecule has 3 N–H and O–H groups in total. The van der Waals surface area contributed by atoms with Gasteiger partial charge in [0.25, 0.3) is 0 Å². The zero-order valence-electron chi connectivity index (χ0n) is 17.5. The number of anilines is 2. The molecule has 1 aliphatic carbocycles. The highest BCUT2D eigenvalue weighted by Gasteiger charge is 2.40. The number of benzene rings is 1. The molecule has 2 heterocycles. The standard InChI is InChI=1S/C22H30N6O/c1-4-27-9-10-28(13-15(27)2)20-12-19(25-14-26-20)21(24)17-11-16(5-6-18(17)23)29-22(3)7-8-22/h5-6,11-12,14-15,24H,4,7-10,13,23H2,1-3H3/t15-/m1/s1. The molecule has 0 bridgehead atoms. The summed E-state index contributed by atoms with van der Waals surface area (Å²) in [6.07, 6.45) is 3.66. The number of hydrogen-bond acceptors (Lipinski definition) is 7. The number of nitrogen functional groups attached to an aromatic ring is 1. The molecule has 29 heavy (non-hydrogen) atoms. The van der Waals surface area contributed by atoms with Crippen molar-refractivity contribution in [2.24, 2.45) is 0 Å². The van der Waals surface area contributed by atoms with E-state index in [1.165, 1.54) is 6.33 Å². The lowest BCUT2D eigenvalue weighted by molar-refractivity contribution is 0.199. The summed E-state index contributed by atoms with van der Waals surface area (Å²) in [5, 5.41) is 8.71. The Morgan fingerprint density at radius 1 is 1.28 bits per heavy atom. The number of ether oxygens (including phenoxy) is 1. The summed E-state index contributed by atoms with van der Waals surface area (Å²) in [6.45, 7) is 10.5. The molecule has 7 nitrogen and oxygen atoms in total. The Labute approximate surface area is 172 Å². The molecule has 0 spiro atoms. The van der Waals surface area contributed by atoms with Crippen LogP contribution >= 0.6 is 0 Å². The fourth-order valence-electron chi connectivity index (χ4n) is 3.85. The van der Waals surface area contributed by atoms with Crippen molar-refractivity contribution in [3.63, 3.8) is 0 Å². The average molecular weight is 395 g/mol. The fourth-order valence-corrected chi connectivity index (χ4v) is 3.85. The molecule has 2 aliphatic rings. The van der Waals surface area contributed by atoms with E-state index in [2.05, 4.69) is 40.5 Å². The summed E-state index contributed by atoms with van der Waals surface area (Å²) in [5.41, 5.74) is 8.16. The predicted octanol–water partition coefficient (Wildman–Crippen LogP) is 2.94. The van der Waals surface area contributed by atoms with E-state index in [1.54, 1.807) is 6.07 Å².